The zero-order valence-corrected chi connectivity index (χ0v) is 15.7. The normalized spacial score (nSPS) is 15.8. The number of anilines is 1. The molecular weight excluding hydrogens is 387 g/mol. The molecule has 0 atom stereocenters. The lowest BCUT2D eigenvalue weighted by molar-refractivity contribution is -0.137. The fourth-order valence-electron chi connectivity index (χ4n) is 3.34. The van der Waals surface area contributed by atoms with E-state index in [1.165, 1.54) is 17.4 Å². The second-order valence-corrected chi connectivity index (χ2v) is 7.87. The van der Waals surface area contributed by atoms with Crippen molar-refractivity contribution in [3.8, 4) is 0 Å². The zero-order valence-electron chi connectivity index (χ0n) is 14.9. The minimum absolute atomic E-state index is 0.0448. The van der Waals surface area contributed by atoms with Gasteiger partial charge in [-0.15, -0.1) is 11.3 Å². The van der Waals surface area contributed by atoms with Crippen molar-refractivity contribution in [2.45, 2.75) is 25.1 Å². The first-order chi connectivity index (χ1) is 13.4. The smallest absolute Gasteiger partial charge is 0.356 e. The minimum Gasteiger partial charge on any atom is -0.356 e. The van der Waals surface area contributed by atoms with Crippen molar-refractivity contribution in [2.24, 2.45) is 0 Å². The highest BCUT2D eigenvalue weighted by atomic mass is 32.1. The van der Waals surface area contributed by atoms with Crippen LogP contribution < -0.4 is 10.2 Å². The Balaban J connectivity index is 1.34. The topological polar surface area (TPSA) is 45.2 Å². The van der Waals surface area contributed by atoms with Gasteiger partial charge in [0.25, 0.3) is 5.91 Å². The predicted molar refractivity (Wildman–Crippen MR) is 104 cm³/mol. The summed E-state index contributed by atoms with van der Waals surface area (Å²) in [5.74, 6) is 0.453. The Labute approximate surface area is 164 Å². The van der Waals surface area contributed by atoms with Crippen LogP contribution in [-0.4, -0.2) is 30.0 Å². The van der Waals surface area contributed by atoms with E-state index < -0.39 is 11.7 Å². The summed E-state index contributed by atoms with van der Waals surface area (Å²) in [5, 5.41) is 4.13. The summed E-state index contributed by atoms with van der Waals surface area (Å²) in [5.41, 5.74) is -0.748. The van der Waals surface area contributed by atoms with Crippen molar-refractivity contribution in [2.75, 3.05) is 18.0 Å². The van der Waals surface area contributed by atoms with Gasteiger partial charge in [-0.3, -0.25) is 4.79 Å². The number of carbonyl (C=O) groups excluding carboxylic acids is 1. The fourth-order valence-corrected chi connectivity index (χ4v) is 4.31. The van der Waals surface area contributed by atoms with Crippen LogP contribution in [0.1, 0.15) is 28.1 Å². The van der Waals surface area contributed by atoms with Crippen LogP contribution in [0, 0.1) is 0 Å². The molecule has 2 aromatic heterocycles. The molecule has 3 heterocycles. The third-order valence-corrected chi connectivity index (χ3v) is 5.99. The van der Waals surface area contributed by atoms with Crippen LogP contribution in [0.5, 0.6) is 0 Å². The van der Waals surface area contributed by atoms with Gasteiger partial charge in [0.2, 0.25) is 0 Å². The summed E-state index contributed by atoms with van der Waals surface area (Å²) in [7, 11) is 0. The van der Waals surface area contributed by atoms with E-state index in [9.17, 15) is 18.0 Å². The number of hydrogen-bond donors (Lipinski definition) is 1. The maximum atomic E-state index is 12.6. The number of pyridine rings is 1. The van der Waals surface area contributed by atoms with Gasteiger partial charge in [-0.05, 0) is 42.5 Å². The highest BCUT2D eigenvalue weighted by Crippen LogP contribution is 2.30. The molecule has 1 N–H and O–H groups in total. The third kappa shape index (κ3) is 3.96. The van der Waals surface area contributed by atoms with Crippen molar-refractivity contribution in [1.29, 1.82) is 0 Å². The Morgan fingerprint density at radius 1 is 1.14 bits per heavy atom. The summed E-state index contributed by atoms with van der Waals surface area (Å²) in [6.07, 6.45) is -2.07. The van der Waals surface area contributed by atoms with E-state index in [2.05, 4.69) is 10.3 Å². The van der Waals surface area contributed by atoms with Crippen LogP contribution in [-0.2, 0) is 6.18 Å². The number of alkyl halides is 3. The molecule has 0 bridgehead atoms. The number of nitrogens with zero attached hydrogens (tertiary/aromatic N) is 2. The van der Waals surface area contributed by atoms with E-state index in [1.54, 1.807) is 0 Å². The SMILES string of the molecule is O=C(NC1CCN(c2ccc(C(F)(F)F)cn2)CC1)c1cc2ccccc2s1. The number of halogens is 3. The van der Waals surface area contributed by atoms with Crippen LogP contribution in [0.3, 0.4) is 0 Å². The summed E-state index contributed by atoms with van der Waals surface area (Å²) in [4.78, 5) is 19.1. The maximum absolute atomic E-state index is 12.6. The molecule has 4 nitrogen and oxygen atoms in total. The van der Waals surface area contributed by atoms with Crippen LogP contribution in [0.4, 0.5) is 19.0 Å². The predicted octanol–water partition coefficient (Wildman–Crippen LogP) is 4.71. The van der Waals surface area contributed by atoms with E-state index >= 15 is 0 Å². The molecule has 1 aliphatic heterocycles. The lowest BCUT2D eigenvalue weighted by Gasteiger charge is -2.33. The standard InChI is InChI=1S/C20H18F3N3OS/c21-20(22,23)14-5-6-18(24-12-14)26-9-7-15(8-10-26)25-19(27)17-11-13-3-1-2-4-16(13)28-17/h1-6,11-12,15H,7-10H2,(H,25,27). The first-order valence-electron chi connectivity index (χ1n) is 8.98. The Morgan fingerprint density at radius 2 is 1.89 bits per heavy atom. The number of thiophene rings is 1. The molecule has 3 aromatic rings. The number of rotatable bonds is 3. The number of benzene rings is 1. The van der Waals surface area contributed by atoms with Crippen molar-refractivity contribution < 1.29 is 18.0 Å². The summed E-state index contributed by atoms with van der Waals surface area (Å²) < 4.78 is 39.0. The molecule has 0 spiro atoms. The van der Waals surface area contributed by atoms with Gasteiger partial charge in [0.05, 0.1) is 10.4 Å². The van der Waals surface area contributed by atoms with Gasteiger partial charge in [-0.2, -0.15) is 13.2 Å². The molecule has 146 valence electrons. The molecule has 1 fully saturated rings. The van der Waals surface area contributed by atoms with E-state index in [1.807, 2.05) is 35.2 Å². The molecule has 1 saturated heterocycles. The van der Waals surface area contributed by atoms with Gasteiger partial charge < -0.3 is 10.2 Å². The number of piperidine rings is 1. The first-order valence-corrected chi connectivity index (χ1v) is 9.79. The second kappa shape index (κ2) is 7.43. The average molecular weight is 405 g/mol. The van der Waals surface area contributed by atoms with Crippen molar-refractivity contribution in [3.05, 3.63) is 59.1 Å². The molecular formula is C20H18F3N3OS. The molecule has 8 heteroatoms. The van der Waals surface area contributed by atoms with Gasteiger partial charge >= 0.3 is 6.18 Å². The highest BCUT2D eigenvalue weighted by Gasteiger charge is 2.31. The van der Waals surface area contributed by atoms with Crippen LogP contribution >= 0.6 is 11.3 Å². The first kappa shape index (κ1) is 18.7. The highest BCUT2D eigenvalue weighted by molar-refractivity contribution is 7.20. The van der Waals surface area contributed by atoms with E-state index in [0.717, 1.165) is 35.2 Å². The lowest BCUT2D eigenvalue weighted by atomic mass is 10.0. The van der Waals surface area contributed by atoms with Gasteiger partial charge in [0.15, 0.2) is 0 Å². The molecule has 28 heavy (non-hydrogen) atoms. The van der Waals surface area contributed by atoms with E-state index in [-0.39, 0.29) is 11.9 Å². The minimum atomic E-state index is -4.38. The number of fused-ring (bicyclic) bond motifs is 1. The molecule has 0 unspecified atom stereocenters. The third-order valence-electron chi connectivity index (χ3n) is 4.88. The van der Waals surface area contributed by atoms with Gasteiger partial charge in [0, 0.05) is 30.0 Å². The number of nitrogens with one attached hydrogen (secondary N) is 1. The Morgan fingerprint density at radius 3 is 2.54 bits per heavy atom. The number of hydrogen-bond acceptors (Lipinski definition) is 4. The van der Waals surface area contributed by atoms with E-state index in [0.29, 0.717) is 23.8 Å². The molecule has 1 aromatic carbocycles. The number of aromatic nitrogens is 1. The van der Waals surface area contributed by atoms with Gasteiger partial charge in [0.1, 0.15) is 5.82 Å². The average Bonchev–Trinajstić information content (AvgIpc) is 3.12. The summed E-state index contributed by atoms with van der Waals surface area (Å²) in [6.45, 7) is 1.27. The maximum Gasteiger partial charge on any atom is 0.417 e. The summed E-state index contributed by atoms with van der Waals surface area (Å²) in [6, 6.07) is 12.3. The molecule has 0 radical (unpaired) electrons. The van der Waals surface area contributed by atoms with E-state index in [4.69, 9.17) is 0 Å². The number of amides is 1. The second-order valence-electron chi connectivity index (χ2n) is 6.79. The molecule has 0 saturated carbocycles. The van der Waals surface area contributed by atoms with Crippen molar-refractivity contribution in [3.63, 3.8) is 0 Å². The van der Waals surface area contributed by atoms with Crippen LogP contribution in [0.15, 0.2) is 48.7 Å². The monoisotopic (exact) mass is 405 g/mol. The molecule has 1 amide bonds. The van der Waals surface area contributed by atoms with Crippen LogP contribution in [0.25, 0.3) is 10.1 Å². The van der Waals surface area contributed by atoms with Crippen molar-refractivity contribution in [1.82, 2.24) is 10.3 Å². The zero-order chi connectivity index (χ0) is 19.7. The Hall–Kier alpha value is -2.61. The van der Waals surface area contributed by atoms with Gasteiger partial charge in [-0.1, -0.05) is 18.2 Å². The largest absolute Gasteiger partial charge is 0.417 e. The Bertz CT molecular complexity index is 943. The number of carbonyl (C=O) groups is 1. The molecule has 4 rings (SSSR count). The Kier molecular flexibility index (Phi) is 4.97. The molecule has 1 aliphatic rings. The van der Waals surface area contributed by atoms with Crippen LogP contribution in [0.2, 0.25) is 0 Å². The summed E-state index contributed by atoms with van der Waals surface area (Å²) >= 11 is 1.47. The fraction of sp³-hybridized carbons (Fsp3) is 0.300. The quantitative estimate of drug-likeness (QED) is 0.686. The van der Waals surface area contributed by atoms with Gasteiger partial charge in [-0.25, -0.2) is 4.98 Å². The lowest BCUT2D eigenvalue weighted by Crippen LogP contribution is -2.44. The van der Waals surface area contributed by atoms with Crippen molar-refractivity contribution >= 4 is 33.1 Å². The molecule has 0 aliphatic carbocycles.